The van der Waals surface area contributed by atoms with Crippen LogP contribution in [0, 0.1) is 5.92 Å². The van der Waals surface area contributed by atoms with Crippen molar-refractivity contribution in [3.8, 4) is 0 Å². The van der Waals surface area contributed by atoms with Gasteiger partial charge in [0.05, 0.1) is 7.11 Å². The standard InChI is InChI=1S/C8H14BrFO3/c1-5(2)4-6(11)8(9,10)7(12)13-3/h5-6,11H,4H2,1-3H3/t6-,8-/m0/s1. The Hall–Kier alpha value is -0.160. The molecule has 0 heterocycles. The van der Waals surface area contributed by atoms with E-state index in [-0.39, 0.29) is 12.3 Å². The molecule has 0 radical (unpaired) electrons. The summed E-state index contributed by atoms with van der Waals surface area (Å²) in [5, 5.41) is 9.33. The number of alkyl halides is 2. The first-order valence-electron chi connectivity index (χ1n) is 3.96. The molecule has 0 bridgehead atoms. The van der Waals surface area contributed by atoms with Gasteiger partial charge in [-0.25, -0.2) is 9.18 Å². The third-order valence-corrected chi connectivity index (χ3v) is 2.42. The number of rotatable bonds is 4. The zero-order chi connectivity index (χ0) is 10.6. The lowest BCUT2D eigenvalue weighted by molar-refractivity contribution is -0.153. The highest BCUT2D eigenvalue weighted by molar-refractivity contribution is 9.10. The van der Waals surface area contributed by atoms with Gasteiger partial charge in [-0.3, -0.25) is 0 Å². The highest BCUT2D eigenvalue weighted by atomic mass is 79.9. The van der Waals surface area contributed by atoms with Crippen molar-refractivity contribution < 1.29 is 19.0 Å². The topological polar surface area (TPSA) is 46.5 Å². The average Bonchev–Trinajstić information content (AvgIpc) is 2.01. The Bertz CT molecular complexity index is 182. The van der Waals surface area contributed by atoms with Gasteiger partial charge >= 0.3 is 5.97 Å². The number of carbonyl (C=O) groups is 1. The SMILES string of the molecule is COC(=O)[C@](F)(Br)[C@@H](O)CC(C)C. The van der Waals surface area contributed by atoms with Crippen molar-refractivity contribution in [1.29, 1.82) is 0 Å². The number of aliphatic hydroxyl groups is 1. The van der Waals surface area contributed by atoms with E-state index in [1.807, 2.05) is 13.8 Å². The van der Waals surface area contributed by atoms with Crippen molar-refractivity contribution in [2.24, 2.45) is 5.92 Å². The Morgan fingerprint density at radius 1 is 1.69 bits per heavy atom. The fraction of sp³-hybridized carbons (Fsp3) is 0.875. The lowest BCUT2D eigenvalue weighted by Gasteiger charge is -2.22. The molecule has 2 atom stereocenters. The van der Waals surface area contributed by atoms with E-state index in [0.29, 0.717) is 0 Å². The molecule has 0 aliphatic carbocycles. The zero-order valence-electron chi connectivity index (χ0n) is 7.88. The molecule has 5 heteroatoms. The lowest BCUT2D eigenvalue weighted by atomic mass is 10.0. The molecule has 0 unspecified atom stereocenters. The van der Waals surface area contributed by atoms with E-state index in [2.05, 4.69) is 20.7 Å². The molecule has 0 spiro atoms. The minimum Gasteiger partial charge on any atom is -0.466 e. The van der Waals surface area contributed by atoms with Crippen molar-refractivity contribution in [3.63, 3.8) is 0 Å². The summed E-state index contributed by atoms with van der Waals surface area (Å²) in [7, 11) is 1.07. The molecule has 0 aromatic heterocycles. The Balaban J connectivity index is 4.35. The predicted octanol–water partition coefficient (Wildman–Crippen LogP) is 1.63. The van der Waals surface area contributed by atoms with Crippen molar-refractivity contribution in [2.45, 2.75) is 31.0 Å². The van der Waals surface area contributed by atoms with Gasteiger partial charge in [-0.2, -0.15) is 0 Å². The van der Waals surface area contributed by atoms with Crippen molar-refractivity contribution in [3.05, 3.63) is 0 Å². The van der Waals surface area contributed by atoms with E-state index >= 15 is 0 Å². The van der Waals surface area contributed by atoms with Crippen LogP contribution in [0.25, 0.3) is 0 Å². The van der Waals surface area contributed by atoms with E-state index in [1.54, 1.807) is 0 Å². The van der Waals surface area contributed by atoms with Crippen LogP contribution in [0.15, 0.2) is 0 Å². The first-order chi connectivity index (χ1) is 5.82. The maximum atomic E-state index is 13.4. The molecular weight excluding hydrogens is 243 g/mol. The molecule has 0 fully saturated rings. The minimum atomic E-state index is -2.49. The number of carbonyl (C=O) groups excluding carboxylic acids is 1. The second-order valence-corrected chi connectivity index (χ2v) is 4.41. The fourth-order valence-corrected chi connectivity index (χ4v) is 1.22. The first-order valence-corrected chi connectivity index (χ1v) is 4.76. The Labute approximate surface area is 85.4 Å². The largest absolute Gasteiger partial charge is 0.466 e. The summed E-state index contributed by atoms with van der Waals surface area (Å²) in [6.45, 7) is 3.65. The van der Waals surface area contributed by atoms with Crippen LogP contribution < -0.4 is 0 Å². The minimum absolute atomic E-state index is 0.104. The van der Waals surface area contributed by atoms with Gasteiger partial charge in [-0.05, 0) is 28.3 Å². The normalized spacial score (nSPS) is 18.1. The third-order valence-electron chi connectivity index (χ3n) is 1.57. The van der Waals surface area contributed by atoms with Crippen molar-refractivity contribution in [2.75, 3.05) is 7.11 Å². The van der Waals surface area contributed by atoms with E-state index < -0.39 is 16.7 Å². The van der Waals surface area contributed by atoms with Gasteiger partial charge in [-0.1, -0.05) is 13.8 Å². The molecule has 0 saturated carbocycles. The van der Waals surface area contributed by atoms with Crippen LogP contribution in [0.5, 0.6) is 0 Å². The summed E-state index contributed by atoms with van der Waals surface area (Å²) < 4.78 is 15.1. The van der Waals surface area contributed by atoms with E-state index in [1.165, 1.54) is 0 Å². The van der Waals surface area contributed by atoms with Crippen molar-refractivity contribution >= 4 is 21.9 Å². The van der Waals surface area contributed by atoms with Gasteiger partial charge in [0, 0.05) is 0 Å². The molecular formula is C8H14BrFO3. The van der Waals surface area contributed by atoms with Crippen LogP contribution in [-0.4, -0.2) is 28.9 Å². The summed E-state index contributed by atoms with van der Waals surface area (Å²) >= 11 is 2.51. The van der Waals surface area contributed by atoms with Gasteiger partial charge in [0.15, 0.2) is 0 Å². The molecule has 0 amide bonds. The number of esters is 1. The molecule has 0 aliphatic rings. The number of aliphatic hydroxyl groups excluding tert-OH is 1. The third kappa shape index (κ3) is 3.60. The number of hydrogen-bond donors (Lipinski definition) is 1. The van der Waals surface area contributed by atoms with Gasteiger partial charge < -0.3 is 9.84 Å². The Morgan fingerprint density at radius 2 is 2.15 bits per heavy atom. The maximum absolute atomic E-state index is 13.4. The second kappa shape index (κ2) is 4.91. The van der Waals surface area contributed by atoms with Crippen LogP contribution in [0.4, 0.5) is 4.39 Å². The van der Waals surface area contributed by atoms with E-state index in [9.17, 15) is 14.3 Å². The number of hydrogen-bond acceptors (Lipinski definition) is 3. The summed E-state index contributed by atoms with van der Waals surface area (Å²) in [6.07, 6.45) is -1.20. The summed E-state index contributed by atoms with van der Waals surface area (Å²) in [4.78, 5) is 10.9. The Kier molecular flexibility index (Phi) is 4.85. The second-order valence-electron chi connectivity index (χ2n) is 3.26. The van der Waals surface area contributed by atoms with Crippen LogP contribution in [-0.2, 0) is 9.53 Å². The molecule has 3 nitrogen and oxygen atoms in total. The van der Waals surface area contributed by atoms with Crippen LogP contribution >= 0.6 is 15.9 Å². The maximum Gasteiger partial charge on any atom is 0.357 e. The van der Waals surface area contributed by atoms with Crippen LogP contribution in [0.3, 0.4) is 0 Å². The molecule has 0 saturated heterocycles. The van der Waals surface area contributed by atoms with E-state index in [0.717, 1.165) is 7.11 Å². The smallest absolute Gasteiger partial charge is 0.357 e. The van der Waals surface area contributed by atoms with Gasteiger partial charge in [0.1, 0.15) is 6.10 Å². The summed E-state index contributed by atoms with van der Waals surface area (Å²) in [5.41, 5.74) is 0. The molecule has 0 aromatic rings. The quantitative estimate of drug-likeness (QED) is 0.615. The molecule has 13 heavy (non-hydrogen) atoms. The van der Waals surface area contributed by atoms with Gasteiger partial charge in [-0.15, -0.1) is 0 Å². The Morgan fingerprint density at radius 3 is 2.46 bits per heavy atom. The number of ether oxygens (including phenoxy) is 1. The summed E-state index contributed by atoms with van der Waals surface area (Å²) in [6, 6.07) is 0. The molecule has 0 aliphatic heterocycles. The summed E-state index contributed by atoms with van der Waals surface area (Å²) in [5.74, 6) is -1.01. The molecule has 0 aromatic carbocycles. The molecule has 78 valence electrons. The van der Waals surface area contributed by atoms with E-state index in [4.69, 9.17) is 0 Å². The van der Waals surface area contributed by atoms with Gasteiger partial charge in [0.2, 0.25) is 0 Å². The zero-order valence-corrected chi connectivity index (χ0v) is 9.47. The monoisotopic (exact) mass is 256 g/mol. The first kappa shape index (κ1) is 12.8. The van der Waals surface area contributed by atoms with Crippen LogP contribution in [0.1, 0.15) is 20.3 Å². The highest BCUT2D eigenvalue weighted by Gasteiger charge is 2.44. The molecule has 0 rings (SSSR count). The fourth-order valence-electron chi connectivity index (χ4n) is 0.867. The highest BCUT2D eigenvalue weighted by Crippen LogP contribution is 2.29. The predicted molar refractivity (Wildman–Crippen MR) is 50.2 cm³/mol. The van der Waals surface area contributed by atoms with Crippen molar-refractivity contribution in [1.82, 2.24) is 0 Å². The van der Waals surface area contributed by atoms with Crippen LogP contribution in [0.2, 0.25) is 0 Å². The van der Waals surface area contributed by atoms with Gasteiger partial charge in [0.25, 0.3) is 4.58 Å². The lowest BCUT2D eigenvalue weighted by Crippen LogP contribution is -2.41. The number of halogens is 2. The average molecular weight is 257 g/mol. The number of methoxy groups -OCH3 is 1. The molecule has 1 N–H and O–H groups in total.